The molecule has 1 aromatic rings. The lowest BCUT2D eigenvalue weighted by atomic mass is 10.2. The second kappa shape index (κ2) is 4.51. The third-order valence-corrected chi connectivity index (χ3v) is 1.73. The molecule has 0 amide bonds. The molecule has 5 heteroatoms. The Kier molecular flexibility index (Phi) is 3.33. The first-order valence-electron chi connectivity index (χ1n) is 3.43. The number of nitrogens with zero attached hydrogens (tertiary/aromatic N) is 1. The zero-order chi connectivity index (χ0) is 9.68. The van der Waals surface area contributed by atoms with E-state index in [0.29, 0.717) is 22.4 Å². The maximum atomic E-state index is 11.0. The summed E-state index contributed by atoms with van der Waals surface area (Å²) in [5.41, 5.74) is 0.938. The quantitative estimate of drug-likeness (QED) is 0.503. The maximum absolute atomic E-state index is 11.0. The van der Waals surface area contributed by atoms with Crippen molar-refractivity contribution in [2.75, 3.05) is 7.11 Å². The van der Waals surface area contributed by atoms with E-state index in [2.05, 4.69) is 9.72 Å². The van der Waals surface area contributed by atoms with E-state index in [4.69, 9.17) is 0 Å². The molecular formula is C8H7NO3S. The Labute approximate surface area is 78.6 Å². The molecule has 1 heterocycles. The maximum Gasteiger partial charge on any atom is 0.339 e. The van der Waals surface area contributed by atoms with E-state index in [0.717, 1.165) is 0 Å². The van der Waals surface area contributed by atoms with Crippen LogP contribution in [0.25, 0.3) is 0 Å². The SMILES string of the molecule is COC(=O)c1cncc(C=S=O)c1. The van der Waals surface area contributed by atoms with E-state index in [-0.39, 0.29) is 0 Å². The van der Waals surface area contributed by atoms with Gasteiger partial charge in [0.2, 0.25) is 0 Å². The van der Waals surface area contributed by atoms with Crippen molar-refractivity contribution in [3.63, 3.8) is 0 Å². The molecule has 13 heavy (non-hydrogen) atoms. The second-order valence-corrected chi connectivity index (χ2v) is 2.64. The molecule has 68 valence electrons. The van der Waals surface area contributed by atoms with Gasteiger partial charge < -0.3 is 4.74 Å². The molecule has 0 spiro atoms. The summed E-state index contributed by atoms with van der Waals surface area (Å²) in [6, 6.07) is 1.55. The van der Waals surface area contributed by atoms with E-state index in [1.54, 1.807) is 6.07 Å². The Hall–Kier alpha value is -1.49. The minimum Gasteiger partial charge on any atom is -0.465 e. The minimum atomic E-state index is -0.460. The monoisotopic (exact) mass is 197 g/mol. The normalized spacial score (nSPS) is 9.00. The van der Waals surface area contributed by atoms with Gasteiger partial charge in [0.25, 0.3) is 0 Å². The van der Waals surface area contributed by atoms with Crippen LogP contribution in [0.4, 0.5) is 0 Å². The van der Waals surface area contributed by atoms with Crippen LogP contribution < -0.4 is 0 Å². The molecule has 0 aliphatic carbocycles. The molecule has 4 nitrogen and oxygen atoms in total. The van der Waals surface area contributed by atoms with E-state index in [9.17, 15) is 9.00 Å². The minimum absolute atomic E-state index is 0.316. The largest absolute Gasteiger partial charge is 0.465 e. The molecule has 0 unspecified atom stereocenters. The summed E-state index contributed by atoms with van der Waals surface area (Å²) in [5.74, 6) is -0.460. The van der Waals surface area contributed by atoms with E-state index in [1.165, 1.54) is 24.9 Å². The Morgan fingerprint density at radius 1 is 1.62 bits per heavy atom. The van der Waals surface area contributed by atoms with E-state index < -0.39 is 5.97 Å². The van der Waals surface area contributed by atoms with Crippen molar-refractivity contribution in [2.45, 2.75) is 0 Å². The lowest BCUT2D eigenvalue weighted by molar-refractivity contribution is 0.0600. The zero-order valence-electron chi connectivity index (χ0n) is 6.89. The molecule has 0 atom stereocenters. The number of carbonyl (C=O) groups excluding carboxylic acids is 1. The van der Waals surface area contributed by atoms with Crippen molar-refractivity contribution in [2.24, 2.45) is 0 Å². The van der Waals surface area contributed by atoms with Crippen LogP contribution in [0, 0.1) is 0 Å². The van der Waals surface area contributed by atoms with Gasteiger partial charge in [-0.1, -0.05) is 0 Å². The summed E-state index contributed by atoms with van der Waals surface area (Å²) >= 11 is 0.316. The number of rotatable bonds is 2. The molecule has 0 saturated heterocycles. The third kappa shape index (κ3) is 2.48. The van der Waals surface area contributed by atoms with Crippen LogP contribution in [-0.2, 0) is 16.0 Å². The van der Waals surface area contributed by atoms with Gasteiger partial charge in [0.15, 0.2) is 0 Å². The highest BCUT2D eigenvalue weighted by Gasteiger charge is 2.04. The molecule has 0 fully saturated rings. The van der Waals surface area contributed by atoms with Gasteiger partial charge in [-0.3, -0.25) is 4.98 Å². The zero-order valence-corrected chi connectivity index (χ0v) is 7.71. The van der Waals surface area contributed by atoms with Crippen molar-refractivity contribution in [1.29, 1.82) is 0 Å². The molecule has 0 aromatic carbocycles. The lowest BCUT2D eigenvalue weighted by Crippen LogP contribution is -2.02. The lowest BCUT2D eigenvalue weighted by Gasteiger charge is -1.97. The number of hydrogen-bond acceptors (Lipinski definition) is 4. The van der Waals surface area contributed by atoms with Gasteiger partial charge in [-0.05, 0) is 6.07 Å². The van der Waals surface area contributed by atoms with Crippen molar-refractivity contribution in [1.82, 2.24) is 4.98 Å². The highest BCUT2D eigenvalue weighted by atomic mass is 32.1. The summed E-state index contributed by atoms with van der Waals surface area (Å²) < 4.78 is 14.7. The number of carbonyl (C=O) groups is 1. The number of pyridine rings is 1. The summed E-state index contributed by atoms with van der Waals surface area (Å²) in [5, 5.41) is 1.36. The standard InChI is InChI=1S/C8H7NO3S/c1-12-8(10)7-2-6(5-13-11)3-9-4-7/h2-5H,1H3. The van der Waals surface area contributed by atoms with Crippen molar-refractivity contribution >= 4 is 22.6 Å². The fourth-order valence-corrected chi connectivity index (χ4v) is 1.05. The number of esters is 1. The molecule has 0 N–H and O–H groups in total. The average Bonchev–Trinajstić information content (AvgIpc) is 2.18. The first-order valence-corrected chi connectivity index (χ1v) is 4.23. The Morgan fingerprint density at radius 3 is 3.00 bits per heavy atom. The average molecular weight is 197 g/mol. The first kappa shape index (κ1) is 9.60. The fourth-order valence-electron chi connectivity index (χ4n) is 0.807. The first-order chi connectivity index (χ1) is 6.27. The van der Waals surface area contributed by atoms with Crippen LogP contribution in [-0.4, -0.2) is 27.6 Å². The Bertz CT molecular complexity index is 371. The fraction of sp³-hybridized carbons (Fsp3) is 0.125. The molecule has 1 aromatic heterocycles. The van der Waals surface area contributed by atoms with Crippen molar-refractivity contribution in [3.8, 4) is 0 Å². The summed E-state index contributed by atoms with van der Waals surface area (Å²) in [7, 11) is 1.29. The van der Waals surface area contributed by atoms with Gasteiger partial charge in [0.05, 0.1) is 23.9 Å². The van der Waals surface area contributed by atoms with Crippen LogP contribution in [0.1, 0.15) is 15.9 Å². The molecule has 0 aliphatic heterocycles. The molecular weight excluding hydrogens is 190 g/mol. The van der Waals surface area contributed by atoms with Crippen molar-refractivity contribution in [3.05, 3.63) is 29.6 Å². The van der Waals surface area contributed by atoms with E-state index in [1.807, 2.05) is 0 Å². The Morgan fingerprint density at radius 2 is 2.38 bits per heavy atom. The summed E-state index contributed by atoms with van der Waals surface area (Å²) in [6.07, 6.45) is 2.88. The highest BCUT2D eigenvalue weighted by Crippen LogP contribution is 2.01. The predicted octanol–water partition coefficient (Wildman–Crippen LogP) is 0.231. The van der Waals surface area contributed by atoms with Crippen LogP contribution in [0.15, 0.2) is 18.5 Å². The van der Waals surface area contributed by atoms with Crippen LogP contribution in [0.2, 0.25) is 0 Å². The van der Waals surface area contributed by atoms with Gasteiger partial charge in [-0.15, -0.1) is 0 Å². The number of aromatic nitrogens is 1. The van der Waals surface area contributed by atoms with Gasteiger partial charge in [0.1, 0.15) is 0 Å². The molecule has 0 saturated carbocycles. The van der Waals surface area contributed by atoms with Gasteiger partial charge in [-0.25, -0.2) is 9.00 Å². The molecule has 0 radical (unpaired) electrons. The third-order valence-electron chi connectivity index (χ3n) is 1.36. The Balaban J connectivity index is 3.04. The van der Waals surface area contributed by atoms with Gasteiger partial charge >= 0.3 is 5.97 Å². The van der Waals surface area contributed by atoms with E-state index >= 15 is 0 Å². The van der Waals surface area contributed by atoms with Crippen LogP contribution >= 0.6 is 0 Å². The second-order valence-electron chi connectivity index (χ2n) is 2.21. The number of hydrogen-bond donors (Lipinski definition) is 0. The number of ether oxygens (including phenoxy) is 1. The smallest absolute Gasteiger partial charge is 0.339 e. The predicted molar refractivity (Wildman–Crippen MR) is 48.9 cm³/mol. The highest BCUT2D eigenvalue weighted by molar-refractivity contribution is 7.65. The molecule has 0 bridgehead atoms. The van der Waals surface area contributed by atoms with Gasteiger partial charge in [0, 0.05) is 23.3 Å². The van der Waals surface area contributed by atoms with Crippen LogP contribution in [0.5, 0.6) is 0 Å². The van der Waals surface area contributed by atoms with Crippen LogP contribution in [0.3, 0.4) is 0 Å². The summed E-state index contributed by atoms with van der Waals surface area (Å²) in [4.78, 5) is 14.8. The topological polar surface area (TPSA) is 56.3 Å². The number of methoxy groups -OCH3 is 1. The van der Waals surface area contributed by atoms with Crippen molar-refractivity contribution < 1.29 is 13.7 Å². The molecule has 1 rings (SSSR count). The van der Waals surface area contributed by atoms with Gasteiger partial charge in [-0.2, -0.15) is 0 Å². The molecule has 0 aliphatic rings. The summed E-state index contributed by atoms with van der Waals surface area (Å²) in [6.45, 7) is 0.